The molecule has 104 valence electrons. The lowest BCUT2D eigenvalue weighted by molar-refractivity contribution is 0.256. The highest BCUT2D eigenvalue weighted by atomic mass is 16.2. The summed E-state index contributed by atoms with van der Waals surface area (Å²) in [6.45, 7) is 0.531. The molecule has 1 aromatic carbocycles. The molecule has 5 heteroatoms. The van der Waals surface area contributed by atoms with E-state index < -0.39 is 0 Å². The minimum absolute atomic E-state index is 0.106. The molecule has 21 heavy (non-hydrogen) atoms. The van der Waals surface area contributed by atoms with Crippen molar-refractivity contribution in [1.29, 1.82) is 0 Å². The lowest BCUT2D eigenvalue weighted by Crippen LogP contribution is -2.38. The number of benzene rings is 1. The van der Waals surface area contributed by atoms with Crippen LogP contribution in [0.25, 0.3) is 11.0 Å². The lowest BCUT2D eigenvalue weighted by atomic mass is 10.1. The number of anilines is 2. The number of hydrogen-bond acceptors (Lipinski definition) is 2. The van der Waals surface area contributed by atoms with Crippen LogP contribution in [0.4, 0.5) is 16.2 Å². The van der Waals surface area contributed by atoms with Gasteiger partial charge in [-0.1, -0.05) is 18.2 Å². The number of fused-ring (bicyclic) bond motifs is 3. The molecule has 0 saturated heterocycles. The first kappa shape index (κ1) is 12.0. The predicted molar refractivity (Wildman–Crippen MR) is 82.4 cm³/mol. The molecular weight excluding hydrogens is 264 g/mol. The van der Waals surface area contributed by atoms with Crippen molar-refractivity contribution in [3.8, 4) is 0 Å². The molecule has 5 nitrogen and oxygen atoms in total. The number of rotatable bonds is 1. The molecule has 3 heterocycles. The van der Waals surface area contributed by atoms with Crippen molar-refractivity contribution < 1.29 is 4.79 Å². The second kappa shape index (κ2) is 4.34. The number of para-hydroxylation sites is 1. The van der Waals surface area contributed by atoms with E-state index in [0.29, 0.717) is 6.54 Å². The number of aromatic nitrogens is 2. The highest BCUT2D eigenvalue weighted by Gasteiger charge is 2.26. The van der Waals surface area contributed by atoms with Crippen LogP contribution in [-0.4, -0.2) is 15.6 Å². The summed E-state index contributed by atoms with van der Waals surface area (Å²) < 4.78 is 1.95. The van der Waals surface area contributed by atoms with Gasteiger partial charge in [0.05, 0.1) is 12.2 Å². The number of nitrogens with one attached hydrogen (secondary N) is 1. The maximum atomic E-state index is 12.4. The smallest absolute Gasteiger partial charge is 0.326 e. The van der Waals surface area contributed by atoms with E-state index in [1.807, 2.05) is 60.4 Å². The van der Waals surface area contributed by atoms with Gasteiger partial charge in [-0.3, -0.25) is 4.90 Å². The summed E-state index contributed by atoms with van der Waals surface area (Å²) in [4.78, 5) is 18.6. The molecular formula is C16H14N4O. The zero-order valence-corrected chi connectivity index (χ0v) is 11.6. The first-order valence-electron chi connectivity index (χ1n) is 6.80. The number of aryl methyl sites for hydroxylation is 1. The van der Waals surface area contributed by atoms with Crippen LogP contribution in [0.5, 0.6) is 0 Å². The molecule has 1 N–H and O–H groups in total. The third-order valence-corrected chi connectivity index (χ3v) is 3.85. The molecule has 3 aromatic rings. The van der Waals surface area contributed by atoms with Crippen LogP contribution >= 0.6 is 0 Å². The van der Waals surface area contributed by atoms with Gasteiger partial charge in [-0.05, 0) is 18.2 Å². The van der Waals surface area contributed by atoms with Crippen molar-refractivity contribution >= 4 is 28.4 Å². The molecule has 1 aliphatic rings. The third kappa shape index (κ3) is 1.78. The highest BCUT2D eigenvalue weighted by molar-refractivity contribution is 6.09. The fraction of sp³-hybridized carbons (Fsp3) is 0.125. The fourth-order valence-electron chi connectivity index (χ4n) is 2.75. The minimum Gasteiger partial charge on any atom is -0.336 e. The van der Waals surface area contributed by atoms with Gasteiger partial charge in [0.1, 0.15) is 5.65 Å². The summed E-state index contributed by atoms with van der Waals surface area (Å²) in [5, 5.41) is 3.98. The first-order valence-corrected chi connectivity index (χ1v) is 6.80. The maximum absolute atomic E-state index is 12.4. The molecule has 0 fully saturated rings. The monoisotopic (exact) mass is 278 g/mol. The van der Waals surface area contributed by atoms with Crippen LogP contribution < -0.4 is 10.2 Å². The lowest BCUT2D eigenvalue weighted by Gasteiger charge is -2.29. The third-order valence-electron chi connectivity index (χ3n) is 3.85. The van der Waals surface area contributed by atoms with E-state index >= 15 is 0 Å². The Labute approximate surface area is 121 Å². The van der Waals surface area contributed by atoms with Crippen molar-refractivity contribution in [2.75, 3.05) is 10.2 Å². The van der Waals surface area contributed by atoms with Gasteiger partial charge >= 0.3 is 6.03 Å². The summed E-state index contributed by atoms with van der Waals surface area (Å²) in [7, 11) is 1.95. The van der Waals surface area contributed by atoms with Gasteiger partial charge in [0.25, 0.3) is 0 Å². The van der Waals surface area contributed by atoms with Crippen molar-refractivity contribution in [3.05, 3.63) is 54.4 Å². The van der Waals surface area contributed by atoms with Crippen LogP contribution in [0.3, 0.4) is 0 Å². The van der Waals surface area contributed by atoms with Gasteiger partial charge < -0.3 is 9.88 Å². The number of pyridine rings is 1. The summed E-state index contributed by atoms with van der Waals surface area (Å²) in [5.74, 6) is 0. The van der Waals surface area contributed by atoms with Crippen LogP contribution in [0.2, 0.25) is 0 Å². The molecule has 0 atom stereocenters. The van der Waals surface area contributed by atoms with E-state index in [1.54, 1.807) is 4.90 Å². The van der Waals surface area contributed by atoms with E-state index in [0.717, 1.165) is 28.0 Å². The van der Waals surface area contributed by atoms with Gasteiger partial charge in [0.2, 0.25) is 0 Å². The van der Waals surface area contributed by atoms with Crippen LogP contribution in [-0.2, 0) is 13.6 Å². The number of carbonyl (C=O) groups excluding carboxylic acids is 1. The molecule has 1 aliphatic heterocycles. The molecule has 0 radical (unpaired) electrons. The largest absolute Gasteiger partial charge is 0.336 e. The van der Waals surface area contributed by atoms with Crippen molar-refractivity contribution in [2.24, 2.45) is 7.05 Å². The van der Waals surface area contributed by atoms with Gasteiger partial charge in [0, 0.05) is 36.1 Å². The standard InChI is InChI=1S/C16H14N4O/c1-19-8-7-13-14-11(9-17-15(13)19)10-20(16(21)18-14)12-5-3-2-4-6-12/h2-9H,10H2,1H3,(H,18,21). The van der Waals surface area contributed by atoms with Crippen LogP contribution in [0.1, 0.15) is 5.56 Å². The molecule has 0 bridgehead atoms. The average molecular weight is 278 g/mol. The van der Waals surface area contributed by atoms with Gasteiger partial charge in [0.15, 0.2) is 0 Å². The van der Waals surface area contributed by atoms with Crippen LogP contribution in [0.15, 0.2) is 48.8 Å². The van der Waals surface area contributed by atoms with Crippen molar-refractivity contribution in [2.45, 2.75) is 6.54 Å². The number of carbonyl (C=O) groups is 1. The van der Waals surface area contributed by atoms with Gasteiger partial charge in [-0.2, -0.15) is 0 Å². The molecule has 4 rings (SSSR count). The topological polar surface area (TPSA) is 50.2 Å². The predicted octanol–water partition coefficient (Wildman–Crippen LogP) is 3.13. The Hall–Kier alpha value is -2.82. The molecule has 2 amide bonds. The number of urea groups is 1. The second-order valence-electron chi connectivity index (χ2n) is 5.17. The van der Waals surface area contributed by atoms with Crippen molar-refractivity contribution in [1.82, 2.24) is 9.55 Å². The zero-order chi connectivity index (χ0) is 14.4. The average Bonchev–Trinajstić information content (AvgIpc) is 2.89. The quantitative estimate of drug-likeness (QED) is 0.743. The molecule has 0 saturated carbocycles. The van der Waals surface area contributed by atoms with E-state index in [2.05, 4.69) is 10.3 Å². The Balaban J connectivity index is 1.82. The summed E-state index contributed by atoms with van der Waals surface area (Å²) in [6.07, 6.45) is 3.79. The first-order chi connectivity index (χ1) is 10.2. The number of hydrogen-bond donors (Lipinski definition) is 1. The van der Waals surface area contributed by atoms with Crippen LogP contribution in [0, 0.1) is 0 Å². The Morgan fingerprint density at radius 2 is 2.00 bits per heavy atom. The Morgan fingerprint density at radius 1 is 1.19 bits per heavy atom. The van der Waals surface area contributed by atoms with Gasteiger partial charge in [-0.25, -0.2) is 9.78 Å². The molecule has 0 aliphatic carbocycles. The summed E-state index contributed by atoms with van der Waals surface area (Å²) >= 11 is 0. The fourth-order valence-corrected chi connectivity index (χ4v) is 2.75. The Kier molecular flexibility index (Phi) is 2.47. The van der Waals surface area contributed by atoms with E-state index in [1.165, 1.54) is 0 Å². The normalized spacial score (nSPS) is 14.1. The zero-order valence-electron chi connectivity index (χ0n) is 11.6. The minimum atomic E-state index is -0.106. The number of nitrogens with zero attached hydrogens (tertiary/aromatic N) is 3. The Morgan fingerprint density at radius 3 is 2.81 bits per heavy atom. The molecule has 0 unspecified atom stereocenters. The van der Waals surface area contributed by atoms with E-state index in [4.69, 9.17) is 0 Å². The Bertz CT molecular complexity index is 838. The van der Waals surface area contributed by atoms with Gasteiger partial charge in [-0.15, -0.1) is 0 Å². The number of amides is 2. The maximum Gasteiger partial charge on any atom is 0.326 e. The highest BCUT2D eigenvalue weighted by Crippen LogP contribution is 2.32. The summed E-state index contributed by atoms with van der Waals surface area (Å²) in [5.41, 5.74) is 3.66. The van der Waals surface area contributed by atoms with E-state index in [9.17, 15) is 4.79 Å². The molecule has 2 aromatic heterocycles. The van der Waals surface area contributed by atoms with E-state index in [-0.39, 0.29) is 6.03 Å². The van der Waals surface area contributed by atoms with Crippen molar-refractivity contribution in [3.63, 3.8) is 0 Å². The molecule has 0 spiro atoms. The summed E-state index contributed by atoms with van der Waals surface area (Å²) in [6, 6.07) is 11.5. The SMILES string of the molecule is Cn1ccc2c3c(cnc21)CN(c1ccccc1)C(=O)N3. The second-order valence-corrected chi connectivity index (χ2v) is 5.17.